The van der Waals surface area contributed by atoms with Crippen molar-refractivity contribution in [2.75, 3.05) is 19.6 Å². The number of ether oxygens (including phenoxy) is 1. The highest BCUT2D eigenvalue weighted by Gasteiger charge is 2.15. The van der Waals surface area contributed by atoms with Gasteiger partial charge in [-0.15, -0.1) is 24.0 Å². The largest absolute Gasteiger partial charge is 0.444 e. The molecular formula is C17H29IN4O2. The van der Waals surface area contributed by atoms with Crippen LogP contribution >= 0.6 is 24.0 Å². The molecule has 1 aromatic rings. The molecule has 0 aliphatic heterocycles. The van der Waals surface area contributed by atoms with Crippen LogP contribution in [0.15, 0.2) is 35.3 Å². The summed E-state index contributed by atoms with van der Waals surface area (Å²) < 4.78 is 5.17. The lowest BCUT2D eigenvalue weighted by molar-refractivity contribution is 0.0529. The van der Waals surface area contributed by atoms with E-state index in [4.69, 9.17) is 4.74 Å². The van der Waals surface area contributed by atoms with E-state index in [0.29, 0.717) is 19.6 Å². The Labute approximate surface area is 161 Å². The Morgan fingerprint density at radius 1 is 1.08 bits per heavy atom. The lowest BCUT2D eigenvalue weighted by atomic mass is 10.2. The number of halogens is 1. The first-order chi connectivity index (χ1) is 10.9. The fourth-order valence-electron chi connectivity index (χ4n) is 1.76. The standard InChI is InChI=1S/C17H28N4O2.HI/c1-5-18-15(21-13-14-9-7-6-8-10-14)19-11-12-20-16(22)23-17(2,3)4;/h6-10H,5,11-13H2,1-4H3,(H,20,22)(H2,18,19,21);1H. The molecule has 0 aliphatic rings. The van der Waals surface area contributed by atoms with Crippen LogP contribution in [0.2, 0.25) is 0 Å². The summed E-state index contributed by atoms with van der Waals surface area (Å²) in [6, 6.07) is 10.1. The second kappa shape index (κ2) is 11.9. The Hall–Kier alpha value is -1.51. The number of benzene rings is 1. The van der Waals surface area contributed by atoms with Crippen molar-refractivity contribution < 1.29 is 9.53 Å². The minimum absolute atomic E-state index is 0. The van der Waals surface area contributed by atoms with Crippen molar-refractivity contribution in [3.63, 3.8) is 0 Å². The van der Waals surface area contributed by atoms with E-state index in [-0.39, 0.29) is 24.0 Å². The van der Waals surface area contributed by atoms with Gasteiger partial charge in [-0.1, -0.05) is 30.3 Å². The molecule has 0 saturated heterocycles. The summed E-state index contributed by atoms with van der Waals surface area (Å²) >= 11 is 0. The normalized spacial score (nSPS) is 11.2. The number of aliphatic imine (C=N–C) groups is 1. The molecule has 0 spiro atoms. The lowest BCUT2D eigenvalue weighted by Crippen LogP contribution is -2.42. The molecule has 0 saturated carbocycles. The van der Waals surface area contributed by atoms with Gasteiger partial charge in [0.15, 0.2) is 5.96 Å². The van der Waals surface area contributed by atoms with Crippen LogP contribution in [0.4, 0.5) is 4.79 Å². The van der Waals surface area contributed by atoms with Crippen molar-refractivity contribution in [3.8, 4) is 0 Å². The number of hydrogen-bond acceptors (Lipinski definition) is 3. The molecule has 0 atom stereocenters. The average molecular weight is 448 g/mol. The zero-order valence-electron chi connectivity index (χ0n) is 14.9. The molecule has 0 bridgehead atoms. The van der Waals surface area contributed by atoms with Crippen LogP contribution in [0.5, 0.6) is 0 Å². The van der Waals surface area contributed by atoms with Crippen LogP contribution in [0.1, 0.15) is 33.3 Å². The van der Waals surface area contributed by atoms with Crippen molar-refractivity contribution in [1.29, 1.82) is 0 Å². The number of nitrogens with zero attached hydrogens (tertiary/aromatic N) is 1. The topological polar surface area (TPSA) is 74.8 Å². The SMILES string of the molecule is CCNC(=NCc1ccccc1)NCCNC(=O)OC(C)(C)C.I. The molecule has 1 rings (SSSR count). The summed E-state index contributed by atoms with van der Waals surface area (Å²) in [6.45, 7) is 9.94. The summed E-state index contributed by atoms with van der Waals surface area (Å²) in [7, 11) is 0. The number of guanidine groups is 1. The maximum absolute atomic E-state index is 11.5. The maximum atomic E-state index is 11.5. The van der Waals surface area contributed by atoms with E-state index in [1.807, 2.05) is 58.0 Å². The minimum Gasteiger partial charge on any atom is -0.444 e. The number of nitrogens with one attached hydrogen (secondary N) is 3. The van der Waals surface area contributed by atoms with Crippen LogP contribution in [-0.4, -0.2) is 37.3 Å². The van der Waals surface area contributed by atoms with Crippen molar-refractivity contribution in [1.82, 2.24) is 16.0 Å². The van der Waals surface area contributed by atoms with E-state index in [1.54, 1.807) is 0 Å². The summed E-state index contributed by atoms with van der Waals surface area (Å²) in [5, 5.41) is 9.06. The monoisotopic (exact) mass is 448 g/mol. The van der Waals surface area contributed by atoms with E-state index >= 15 is 0 Å². The quantitative estimate of drug-likeness (QED) is 0.271. The second-order valence-corrected chi connectivity index (χ2v) is 6.04. The van der Waals surface area contributed by atoms with E-state index in [2.05, 4.69) is 20.9 Å². The first-order valence-electron chi connectivity index (χ1n) is 7.93. The van der Waals surface area contributed by atoms with Crippen LogP contribution in [0.25, 0.3) is 0 Å². The van der Waals surface area contributed by atoms with Gasteiger partial charge in [0.2, 0.25) is 0 Å². The van der Waals surface area contributed by atoms with Crippen LogP contribution < -0.4 is 16.0 Å². The Morgan fingerprint density at radius 3 is 2.29 bits per heavy atom. The number of carbonyl (C=O) groups excluding carboxylic acids is 1. The molecule has 0 unspecified atom stereocenters. The third kappa shape index (κ3) is 11.1. The molecule has 0 aliphatic carbocycles. The lowest BCUT2D eigenvalue weighted by Gasteiger charge is -2.19. The summed E-state index contributed by atoms with van der Waals surface area (Å²) in [5.41, 5.74) is 0.667. The van der Waals surface area contributed by atoms with Gasteiger partial charge in [0.25, 0.3) is 0 Å². The number of carbonyl (C=O) groups is 1. The van der Waals surface area contributed by atoms with Crippen molar-refractivity contribution in [2.24, 2.45) is 4.99 Å². The van der Waals surface area contributed by atoms with Gasteiger partial charge in [-0.3, -0.25) is 0 Å². The molecule has 136 valence electrons. The fraction of sp³-hybridized carbons (Fsp3) is 0.529. The number of rotatable bonds is 6. The third-order valence-corrected chi connectivity index (χ3v) is 2.69. The Kier molecular flexibility index (Phi) is 11.2. The van der Waals surface area contributed by atoms with Crippen molar-refractivity contribution in [3.05, 3.63) is 35.9 Å². The minimum atomic E-state index is -0.483. The zero-order valence-corrected chi connectivity index (χ0v) is 17.2. The second-order valence-electron chi connectivity index (χ2n) is 6.04. The number of amides is 1. The van der Waals surface area contributed by atoms with Crippen molar-refractivity contribution >= 4 is 36.0 Å². The third-order valence-electron chi connectivity index (χ3n) is 2.69. The molecular weight excluding hydrogens is 419 g/mol. The van der Waals surface area contributed by atoms with E-state index in [1.165, 1.54) is 0 Å². The van der Waals surface area contributed by atoms with E-state index < -0.39 is 11.7 Å². The van der Waals surface area contributed by atoms with Crippen LogP contribution in [0, 0.1) is 0 Å². The van der Waals surface area contributed by atoms with Gasteiger partial charge in [0.05, 0.1) is 6.54 Å². The molecule has 3 N–H and O–H groups in total. The number of hydrogen-bond donors (Lipinski definition) is 3. The maximum Gasteiger partial charge on any atom is 0.407 e. The van der Waals surface area contributed by atoms with Gasteiger partial charge in [-0.2, -0.15) is 0 Å². The molecule has 6 nitrogen and oxygen atoms in total. The fourth-order valence-corrected chi connectivity index (χ4v) is 1.76. The molecule has 0 aromatic heterocycles. The first kappa shape index (κ1) is 22.5. The van der Waals surface area contributed by atoms with Gasteiger partial charge in [0.1, 0.15) is 5.60 Å². The highest BCUT2D eigenvalue weighted by Crippen LogP contribution is 2.06. The highest BCUT2D eigenvalue weighted by atomic mass is 127. The number of alkyl carbamates (subject to hydrolysis) is 1. The van der Waals surface area contributed by atoms with E-state index in [9.17, 15) is 4.79 Å². The van der Waals surface area contributed by atoms with Gasteiger partial charge in [0, 0.05) is 19.6 Å². The van der Waals surface area contributed by atoms with Crippen LogP contribution in [-0.2, 0) is 11.3 Å². The molecule has 0 heterocycles. The highest BCUT2D eigenvalue weighted by molar-refractivity contribution is 14.0. The molecule has 1 amide bonds. The molecule has 24 heavy (non-hydrogen) atoms. The Bertz CT molecular complexity index is 501. The Morgan fingerprint density at radius 2 is 1.71 bits per heavy atom. The van der Waals surface area contributed by atoms with Gasteiger partial charge in [-0.25, -0.2) is 9.79 Å². The smallest absolute Gasteiger partial charge is 0.407 e. The van der Waals surface area contributed by atoms with Crippen LogP contribution in [0.3, 0.4) is 0 Å². The van der Waals surface area contributed by atoms with E-state index in [0.717, 1.165) is 18.1 Å². The molecule has 0 radical (unpaired) electrons. The summed E-state index contributed by atoms with van der Waals surface area (Å²) in [5.74, 6) is 0.724. The zero-order chi connectivity index (χ0) is 17.1. The molecule has 7 heteroatoms. The average Bonchev–Trinajstić information content (AvgIpc) is 2.48. The first-order valence-corrected chi connectivity index (χ1v) is 7.93. The summed E-state index contributed by atoms with van der Waals surface area (Å²) in [6.07, 6.45) is -0.412. The van der Waals surface area contributed by atoms with Gasteiger partial charge < -0.3 is 20.7 Å². The van der Waals surface area contributed by atoms with Crippen molar-refractivity contribution in [2.45, 2.75) is 39.8 Å². The van der Waals surface area contributed by atoms with Gasteiger partial charge >= 0.3 is 6.09 Å². The predicted molar refractivity (Wildman–Crippen MR) is 109 cm³/mol. The molecule has 1 aromatic carbocycles. The Balaban J connectivity index is 0.00000529. The predicted octanol–water partition coefficient (Wildman–Crippen LogP) is 2.88. The summed E-state index contributed by atoms with van der Waals surface area (Å²) in [4.78, 5) is 16.0. The molecule has 0 fully saturated rings. The van der Waals surface area contributed by atoms with Gasteiger partial charge in [-0.05, 0) is 33.3 Å².